The van der Waals surface area contributed by atoms with Gasteiger partial charge in [-0.05, 0) is 13.8 Å². The van der Waals surface area contributed by atoms with E-state index in [1.165, 1.54) is 0 Å². The summed E-state index contributed by atoms with van der Waals surface area (Å²) in [6.45, 7) is 4.95. The second-order valence-electron chi connectivity index (χ2n) is 4.72. The number of hydrogen-bond donors (Lipinski definition) is 0. The Bertz CT molecular complexity index is 718. The van der Waals surface area contributed by atoms with Crippen LogP contribution < -0.4 is 4.90 Å². The van der Waals surface area contributed by atoms with Crippen molar-refractivity contribution in [2.24, 2.45) is 0 Å². The topological polar surface area (TPSA) is 59.2 Å². The molecule has 0 saturated carbocycles. The van der Waals surface area contributed by atoms with Gasteiger partial charge >= 0.3 is 0 Å². The van der Waals surface area contributed by atoms with Crippen LogP contribution in [0.15, 0.2) is 17.9 Å². The van der Waals surface area contributed by atoms with Gasteiger partial charge in [-0.1, -0.05) is 0 Å². The van der Waals surface area contributed by atoms with Gasteiger partial charge in [0, 0.05) is 42.8 Å². The molecule has 0 fully saturated rings. The maximum Gasteiger partial charge on any atom is 0.254 e. The molecule has 0 spiro atoms. The molecule has 0 N–H and O–H groups in total. The van der Waals surface area contributed by atoms with Gasteiger partial charge in [0.05, 0.1) is 5.01 Å². The molecule has 0 unspecified atom stereocenters. The first-order valence-electron chi connectivity index (χ1n) is 6.43. The van der Waals surface area contributed by atoms with Gasteiger partial charge in [-0.3, -0.25) is 0 Å². The first kappa shape index (κ1) is 13.0. The zero-order chi connectivity index (χ0) is 14.1. The third kappa shape index (κ3) is 2.24. The number of thiazole rings is 1. The monoisotopic (exact) mass is 288 g/mol. The molecule has 0 bridgehead atoms. The van der Waals surface area contributed by atoms with E-state index in [0.717, 1.165) is 35.0 Å². The van der Waals surface area contributed by atoms with Crippen molar-refractivity contribution in [2.75, 3.05) is 18.5 Å². The lowest BCUT2D eigenvalue weighted by atomic mass is 10.2. The van der Waals surface area contributed by atoms with E-state index in [4.69, 9.17) is 0 Å². The summed E-state index contributed by atoms with van der Waals surface area (Å²) in [6, 6.07) is 0. The molecule has 0 radical (unpaired) electrons. The van der Waals surface area contributed by atoms with Crippen molar-refractivity contribution in [3.8, 4) is 0 Å². The predicted molar refractivity (Wildman–Crippen MR) is 79.3 cm³/mol. The van der Waals surface area contributed by atoms with Crippen LogP contribution in [0, 0.1) is 13.8 Å². The largest absolute Gasteiger partial charge is 0.359 e. The van der Waals surface area contributed by atoms with Crippen LogP contribution in [0.2, 0.25) is 0 Å². The summed E-state index contributed by atoms with van der Waals surface area (Å²) in [5.74, 6) is 1.69. The zero-order valence-corrected chi connectivity index (χ0v) is 12.6. The van der Waals surface area contributed by atoms with Gasteiger partial charge in [-0.2, -0.15) is 14.6 Å². The SMILES string of the molecule is Cc1nc2ncnn2c(N(C)CCc2nccs2)c1C. The Labute approximate surface area is 121 Å². The van der Waals surface area contributed by atoms with E-state index in [9.17, 15) is 0 Å². The van der Waals surface area contributed by atoms with Gasteiger partial charge in [0.15, 0.2) is 0 Å². The molecule has 20 heavy (non-hydrogen) atoms. The van der Waals surface area contributed by atoms with Gasteiger partial charge in [0.25, 0.3) is 5.78 Å². The van der Waals surface area contributed by atoms with Gasteiger partial charge in [0.1, 0.15) is 12.1 Å². The third-order valence-corrected chi connectivity index (χ3v) is 4.22. The van der Waals surface area contributed by atoms with E-state index in [0.29, 0.717) is 5.78 Å². The molecule has 0 saturated heterocycles. The molecule has 7 heteroatoms. The summed E-state index contributed by atoms with van der Waals surface area (Å²) in [5, 5.41) is 7.43. The van der Waals surface area contributed by atoms with Crippen molar-refractivity contribution >= 4 is 22.9 Å². The van der Waals surface area contributed by atoms with Crippen LogP contribution in [0.4, 0.5) is 5.82 Å². The summed E-state index contributed by atoms with van der Waals surface area (Å²) >= 11 is 1.69. The highest BCUT2D eigenvalue weighted by Crippen LogP contribution is 2.21. The Morgan fingerprint density at radius 2 is 2.15 bits per heavy atom. The molecule has 6 nitrogen and oxygen atoms in total. The van der Waals surface area contributed by atoms with Crippen LogP contribution in [-0.4, -0.2) is 38.2 Å². The quantitative estimate of drug-likeness (QED) is 0.733. The van der Waals surface area contributed by atoms with Crippen LogP contribution in [0.5, 0.6) is 0 Å². The molecule has 3 heterocycles. The highest BCUT2D eigenvalue weighted by atomic mass is 32.1. The zero-order valence-electron chi connectivity index (χ0n) is 11.7. The number of nitrogens with zero attached hydrogens (tertiary/aromatic N) is 6. The molecule has 0 aliphatic heterocycles. The smallest absolute Gasteiger partial charge is 0.254 e. The first-order chi connectivity index (χ1) is 9.66. The van der Waals surface area contributed by atoms with E-state index in [1.54, 1.807) is 22.2 Å². The average Bonchev–Trinajstić information content (AvgIpc) is 3.08. The molecular formula is C13H16N6S. The van der Waals surface area contributed by atoms with E-state index in [-0.39, 0.29) is 0 Å². The van der Waals surface area contributed by atoms with Crippen LogP contribution in [0.25, 0.3) is 5.78 Å². The molecule has 0 aliphatic carbocycles. The minimum absolute atomic E-state index is 0.643. The number of fused-ring (bicyclic) bond motifs is 1. The molecule has 0 amide bonds. The highest BCUT2D eigenvalue weighted by Gasteiger charge is 2.15. The van der Waals surface area contributed by atoms with Crippen molar-refractivity contribution in [1.82, 2.24) is 24.6 Å². The lowest BCUT2D eigenvalue weighted by Gasteiger charge is -2.22. The maximum atomic E-state index is 4.44. The summed E-state index contributed by atoms with van der Waals surface area (Å²) in [7, 11) is 2.07. The number of rotatable bonds is 4. The van der Waals surface area contributed by atoms with E-state index >= 15 is 0 Å². The number of anilines is 1. The van der Waals surface area contributed by atoms with Gasteiger partial charge in [-0.15, -0.1) is 11.3 Å². The molecule has 104 valence electrons. The number of aromatic nitrogens is 5. The fourth-order valence-electron chi connectivity index (χ4n) is 2.21. The van der Waals surface area contributed by atoms with Gasteiger partial charge in [-0.25, -0.2) is 9.97 Å². The minimum Gasteiger partial charge on any atom is -0.359 e. The fourth-order valence-corrected chi connectivity index (χ4v) is 2.82. The standard InChI is InChI=1S/C13H16N6S/c1-9-10(2)17-13-15-8-16-19(13)12(9)18(3)6-4-11-14-5-7-20-11/h5,7-8H,4,6H2,1-3H3. The van der Waals surface area contributed by atoms with Crippen molar-refractivity contribution in [1.29, 1.82) is 0 Å². The normalized spacial score (nSPS) is 11.2. The molecule has 0 aliphatic rings. The number of aryl methyl sites for hydroxylation is 1. The Balaban J connectivity index is 1.92. The van der Waals surface area contributed by atoms with Crippen molar-refractivity contribution < 1.29 is 0 Å². The second kappa shape index (κ2) is 5.16. The summed E-state index contributed by atoms with van der Waals surface area (Å²) < 4.78 is 1.80. The second-order valence-corrected chi connectivity index (χ2v) is 5.69. The molecule has 0 aromatic carbocycles. The first-order valence-corrected chi connectivity index (χ1v) is 7.31. The summed E-state index contributed by atoms with van der Waals surface area (Å²) in [4.78, 5) is 15.1. The van der Waals surface area contributed by atoms with Crippen molar-refractivity contribution in [3.05, 3.63) is 34.2 Å². The molecular weight excluding hydrogens is 272 g/mol. The predicted octanol–water partition coefficient (Wildman–Crippen LogP) is 1.88. The Kier molecular flexibility index (Phi) is 3.35. The van der Waals surface area contributed by atoms with E-state index in [1.807, 2.05) is 18.5 Å². The van der Waals surface area contributed by atoms with Crippen LogP contribution in [0.3, 0.4) is 0 Å². The lowest BCUT2D eigenvalue weighted by molar-refractivity contribution is 0.800. The Hall–Kier alpha value is -2.02. The number of hydrogen-bond acceptors (Lipinski definition) is 6. The summed E-state index contributed by atoms with van der Waals surface area (Å²) in [5.41, 5.74) is 2.12. The van der Waals surface area contributed by atoms with E-state index < -0.39 is 0 Å². The molecule has 0 atom stereocenters. The van der Waals surface area contributed by atoms with Crippen LogP contribution in [-0.2, 0) is 6.42 Å². The van der Waals surface area contributed by atoms with Gasteiger partial charge < -0.3 is 4.90 Å². The fraction of sp³-hybridized carbons (Fsp3) is 0.385. The third-order valence-electron chi connectivity index (χ3n) is 3.38. The number of likely N-dealkylation sites (N-methyl/N-ethyl adjacent to an activating group) is 1. The lowest BCUT2D eigenvalue weighted by Crippen LogP contribution is -2.24. The maximum absolute atomic E-state index is 4.44. The Morgan fingerprint density at radius 1 is 1.30 bits per heavy atom. The molecule has 3 rings (SSSR count). The van der Waals surface area contributed by atoms with Crippen LogP contribution in [0.1, 0.15) is 16.3 Å². The highest BCUT2D eigenvalue weighted by molar-refractivity contribution is 7.09. The van der Waals surface area contributed by atoms with Crippen LogP contribution >= 0.6 is 11.3 Å². The van der Waals surface area contributed by atoms with Crippen molar-refractivity contribution in [2.45, 2.75) is 20.3 Å². The molecule has 3 aromatic heterocycles. The van der Waals surface area contributed by atoms with Gasteiger partial charge in [0.2, 0.25) is 0 Å². The summed E-state index contributed by atoms with van der Waals surface area (Å²) in [6.07, 6.45) is 4.31. The minimum atomic E-state index is 0.643. The van der Waals surface area contributed by atoms with Crippen molar-refractivity contribution in [3.63, 3.8) is 0 Å². The van der Waals surface area contributed by atoms with E-state index in [2.05, 4.69) is 38.9 Å². The average molecular weight is 288 g/mol. The Morgan fingerprint density at radius 3 is 2.90 bits per heavy atom. The molecule has 3 aromatic rings.